The molecule has 7 heteroatoms. The maximum Gasteiger partial charge on any atom is 0.244 e. The monoisotopic (exact) mass is 369 g/mol. The van der Waals surface area contributed by atoms with Crippen molar-refractivity contribution in [1.29, 1.82) is 0 Å². The number of hydrogen-bond acceptors (Lipinski definition) is 6. The zero-order chi connectivity index (χ0) is 18.4. The molecule has 0 radical (unpaired) electrons. The number of ether oxygens (including phenoxy) is 1. The zero-order valence-electron chi connectivity index (χ0n) is 14.6. The van der Waals surface area contributed by atoms with E-state index < -0.39 is 0 Å². The Labute approximate surface area is 157 Å². The van der Waals surface area contributed by atoms with E-state index in [-0.39, 0.29) is 6.10 Å². The van der Waals surface area contributed by atoms with Gasteiger partial charge in [0.25, 0.3) is 0 Å². The highest BCUT2D eigenvalue weighted by Crippen LogP contribution is 2.20. The molecule has 0 spiro atoms. The van der Waals surface area contributed by atoms with Crippen LogP contribution in [0.15, 0.2) is 54.7 Å². The van der Waals surface area contributed by atoms with Gasteiger partial charge in [0, 0.05) is 17.3 Å². The second kappa shape index (κ2) is 8.49. The van der Waals surface area contributed by atoms with Crippen molar-refractivity contribution in [3.8, 4) is 5.75 Å². The van der Waals surface area contributed by atoms with Crippen LogP contribution in [0.2, 0.25) is 5.02 Å². The van der Waals surface area contributed by atoms with Gasteiger partial charge in [-0.3, -0.25) is 0 Å². The first kappa shape index (κ1) is 17.9. The highest BCUT2D eigenvalue weighted by molar-refractivity contribution is 6.30. The van der Waals surface area contributed by atoms with Gasteiger partial charge in [0.15, 0.2) is 5.82 Å². The molecule has 0 unspecified atom stereocenters. The van der Waals surface area contributed by atoms with Gasteiger partial charge in [0.2, 0.25) is 5.95 Å². The van der Waals surface area contributed by atoms with E-state index in [1.807, 2.05) is 62.4 Å². The van der Waals surface area contributed by atoms with Crippen molar-refractivity contribution in [3.05, 3.63) is 65.3 Å². The Balaban J connectivity index is 1.60. The summed E-state index contributed by atoms with van der Waals surface area (Å²) >= 11 is 5.89. The highest BCUT2D eigenvalue weighted by atomic mass is 35.5. The quantitative estimate of drug-likeness (QED) is 0.630. The van der Waals surface area contributed by atoms with Gasteiger partial charge in [-0.1, -0.05) is 23.7 Å². The molecule has 0 saturated carbocycles. The van der Waals surface area contributed by atoms with Crippen LogP contribution in [-0.2, 0) is 6.54 Å². The summed E-state index contributed by atoms with van der Waals surface area (Å²) in [5, 5.41) is 15.0. The molecule has 0 aliphatic rings. The number of nitrogens with one attached hydrogen (secondary N) is 2. The van der Waals surface area contributed by atoms with Crippen molar-refractivity contribution < 1.29 is 4.74 Å². The SMILES string of the molecule is CC(C)Oc1ccc(Nc2cnnc(NCc3ccc(Cl)cc3)n2)cc1. The fourth-order valence-electron chi connectivity index (χ4n) is 2.26. The molecule has 1 aromatic heterocycles. The smallest absolute Gasteiger partial charge is 0.244 e. The van der Waals surface area contributed by atoms with Gasteiger partial charge in [-0.15, -0.1) is 5.10 Å². The third kappa shape index (κ3) is 5.32. The summed E-state index contributed by atoms with van der Waals surface area (Å²) in [7, 11) is 0. The number of benzene rings is 2. The van der Waals surface area contributed by atoms with E-state index in [0.717, 1.165) is 17.0 Å². The minimum atomic E-state index is 0.147. The van der Waals surface area contributed by atoms with Gasteiger partial charge in [-0.25, -0.2) is 0 Å². The van der Waals surface area contributed by atoms with E-state index in [2.05, 4.69) is 25.8 Å². The van der Waals surface area contributed by atoms with Crippen LogP contribution >= 0.6 is 11.6 Å². The summed E-state index contributed by atoms with van der Waals surface area (Å²) < 4.78 is 5.64. The second-order valence-corrected chi connectivity index (χ2v) is 6.40. The van der Waals surface area contributed by atoms with Gasteiger partial charge in [-0.05, 0) is 55.8 Å². The van der Waals surface area contributed by atoms with Gasteiger partial charge in [0.05, 0.1) is 12.3 Å². The predicted octanol–water partition coefficient (Wildman–Crippen LogP) is 4.67. The van der Waals surface area contributed by atoms with Crippen molar-refractivity contribution in [2.45, 2.75) is 26.5 Å². The molecule has 2 N–H and O–H groups in total. The number of anilines is 3. The van der Waals surface area contributed by atoms with Crippen LogP contribution in [0.1, 0.15) is 19.4 Å². The Hall–Kier alpha value is -2.86. The van der Waals surface area contributed by atoms with Crippen LogP contribution in [0, 0.1) is 0 Å². The van der Waals surface area contributed by atoms with Crippen molar-refractivity contribution in [1.82, 2.24) is 15.2 Å². The average molecular weight is 370 g/mol. The third-order valence-electron chi connectivity index (χ3n) is 3.42. The largest absolute Gasteiger partial charge is 0.491 e. The Morgan fingerprint density at radius 2 is 1.77 bits per heavy atom. The van der Waals surface area contributed by atoms with Crippen LogP contribution in [0.4, 0.5) is 17.5 Å². The lowest BCUT2D eigenvalue weighted by atomic mass is 10.2. The average Bonchev–Trinajstić information content (AvgIpc) is 2.63. The summed E-state index contributed by atoms with van der Waals surface area (Å²) in [5.41, 5.74) is 1.97. The van der Waals surface area contributed by atoms with E-state index >= 15 is 0 Å². The van der Waals surface area contributed by atoms with Crippen molar-refractivity contribution in [2.24, 2.45) is 0 Å². The molecule has 0 fully saturated rings. The third-order valence-corrected chi connectivity index (χ3v) is 3.67. The molecule has 0 aliphatic heterocycles. The molecular weight excluding hydrogens is 350 g/mol. The Kier molecular flexibility index (Phi) is 5.86. The molecule has 0 amide bonds. The van der Waals surface area contributed by atoms with E-state index in [9.17, 15) is 0 Å². The van der Waals surface area contributed by atoms with Gasteiger partial charge in [-0.2, -0.15) is 10.1 Å². The first-order valence-corrected chi connectivity index (χ1v) is 8.68. The van der Waals surface area contributed by atoms with Gasteiger partial charge in [0.1, 0.15) is 5.75 Å². The van der Waals surface area contributed by atoms with Crippen molar-refractivity contribution in [3.63, 3.8) is 0 Å². The first-order chi connectivity index (χ1) is 12.6. The number of halogens is 1. The molecule has 0 aliphatic carbocycles. The molecule has 3 rings (SSSR count). The standard InChI is InChI=1S/C19H20ClN5O/c1-13(2)26-17-9-7-16(8-10-17)23-18-12-22-25-19(24-18)21-11-14-3-5-15(20)6-4-14/h3-10,12-13H,11H2,1-2H3,(H2,21,23,24,25). The molecule has 26 heavy (non-hydrogen) atoms. The topological polar surface area (TPSA) is 72.0 Å². The highest BCUT2D eigenvalue weighted by Gasteiger charge is 2.03. The Bertz CT molecular complexity index is 837. The lowest BCUT2D eigenvalue weighted by Crippen LogP contribution is -2.06. The lowest BCUT2D eigenvalue weighted by molar-refractivity contribution is 0.242. The van der Waals surface area contributed by atoms with Crippen LogP contribution in [0.25, 0.3) is 0 Å². The van der Waals surface area contributed by atoms with Crippen LogP contribution < -0.4 is 15.4 Å². The molecule has 0 bridgehead atoms. The Morgan fingerprint density at radius 3 is 2.46 bits per heavy atom. The van der Waals surface area contributed by atoms with Crippen LogP contribution in [-0.4, -0.2) is 21.3 Å². The minimum absolute atomic E-state index is 0.147. The fraction of sp³-hybridized carbons (Fsp3) is 0.211. The molecule has 3 aromatic rings. The molecule has 2 aromatic carbocycles. The number of hydrogen-bond donors (Lipinski definition) is 2. The summed E-state index contributed by atoms with van der Waals surface area (Å²) in [5.74, 6) is 1.89. The lowest BCUT2D eigenvalue weighted by Gasteiger charge is -2.11. The second-order valence-electron chi connectivity index (χ2n) is 5.96. The molecule has 0 atom stereocenters. The van der Waals surface area contributed by atoms with E-state index in [4.69, 9.17) is 16.3 Å². The number of nitrogens with zero attached hydrogens (tertiary/aromatic N) is 3. The normalized spacial score (nSPS) is 10.6. The zero-order valence-corrected chi connectivity index (χ0v) is 15.4. The summed E-state index contributed by atoms with van der Waals surface area (Å²) in [4.78, 5) is 4.42. The maximum atomic E-state index is 5.89. The summed E-state index contributed by atoms with van der Waals surface area (Å²) in [6, 6.07) is 15.3. The Morgan fingerprint density at radius 1 is 1.04 bits per heavy atom. The van der Waals surface area contributed by atoms with Crippen molar-refractivity contribution in [2.75, 3.05) is 10.6 Å². The van der Waals surface area contributed by atoms with Crippen molar-refractivity contribution >= 4 is 29.1 Å². The van der Waals surface area contributed by atoms with Crippen LogP contribution in [0.3, 0.4) is 0 Å². The fourth-order valence-corrected chi connectivity index (χ4v) is 2.38. The van der Waals surface area contributed by atoms with E-state index in [0.29, 0.717) is 23.3 Å². The molecule has 134 valence electrons. The molecular formula is C19H20ClN5O. The number of aromatic nitrogens is 3. The van der Waals surface area contributed by atoms with E-state index in [1.54, 1.807) is 6.20 Å². The predicted molar refractivity (Wildman–Crippen MR) is 104 cm³/mol. The minimum Gasteiger partial charge on any atom is -0.491 e. The van der Waals surface area contributed by atoms with Gasteiger partial charge >= 0.3 is 0 Å². The molecule has 1 heterocycles. The number of rotatable bonds is 7. The first-order valence-electron chi connectivity index (χ1n) is 8.30. The molecule has 6 nitrogen and oxygen atoms in total. The van der Waals surface area contributed by atoms with Gasteiger partial charge < -0.3 is 15.4 Å². The van der Waals surface area contributed by atoms with Crippen LogP contribution in [0.5, 0.6) is 5.75 Å². The summed E-state index contributed by atoms with van der Waals surface area (Å²) in [6.07, 6.45) is 1.72. The van der Waals surface area contributed by atoms with E-state index in [1.165, 1.54) is 0 Å². The summed E-state index contributed by atoms with van der Waals surface area (Å²) in [6.45, 7) is 4.58. The maximum absolute atomic E-state index is 5.89. The molecule has 0 saturated heterocycles.